The molecule has 31 heavy (non-hydrogen) atoms. The molecule has 1 N–H and O–H groups in total. The van der Waals surface area contributed by atoms with Crippen molar-refractivity contribution in [3.63, 3.8) is 0 Å². The number of benzene rings is 2. The Labute approximate surface area is 180 Å². The third-order valence-electron chi connectivity index (χ3n) is 5.41. The number of rotatable bonds is 5. The van der Waals surface area contributed by atoms with Crippen molar-refractivity contribution in [3.05, 3.63) is 71.8 Å². The number of hydrogen-bond acceptors (Lipinski definition) is 3. The van der Waals surface area contributed by atoms with Gasteiger partial charge in [-0.05, 0) is 61.2 Å². The number of nitrogens with one attached hydrogen (secondary N) is 1. The Kier molecular flexibility index (Phi) is 5.84. The molecule has 7 heteroatoms. The molecule has 0 radical (unpaired) electrons. The van der Waals surface area contributed by atoms with E-state index < -0.39 is 0 Å². The molecule has 0 unspecified atom stereocenters. The lowest BCUT2D eigenvalue weighted by Gasteiger charge is -2.27. The molecule has 3 aromatic rings. The minimum absolute atomic E-state index is 0.0191. The molecule has 0 saturated carbocycles. The average molecular weight is 420 g/mol. The lowest BCUT2D eigenvalue weighted by atomic mass is 10.0. The van der Waals surface area contributed by atoms with Gasteiger partial charge in [0, 0.05) is 24.3 Å². The van der Waals surface area contributed by atoms with Crippen LogP contribution in [-0.4, -0.2) is 28.1 Å². The Balaban J connectivity index is 1.60. The van der Waals surface area contributed by atoms with E-state index in [4.69, 9.17) is 0 Å². The van der Waals surface area contributed by atoms with E-state index in [-0.39, 0.29) is 23.5 Å². The first-order valence-electron chi connectivity index (χ1n) is 10.5. The molecule has 1 aliphatic heterocycles. The number of carbonyl (C=O) groups excluding carboxylic acids is 2. The number of piperidine rings is 1. The maximum absolute atomic E-state index is 13.3. The summed E-state index contributed by atoms with van der Waals surface area (Å²) >= 11 is 0. The number of anilines is 2. The Morgan fingerprint density at radius 3 is 2.58 bits per heavy atom. The number of hydrogen-bond donors (Lipinski definition) is 1. The maximum Gasteiger partial charge on any atom is 0.259 e. The molecule has 1 aliphatic rings. The Morgan fingerprint density at radius 2 is 1.87 bits per heavy atom. The smallest absolute Gasteiger partial charge is 0.259 e. The van der Waals surface area contributed by atoms with Gasteiger partial charge in [-0.2, -0.15) is 5.10 Å². The van der Waals surface area contributed by atoms with Crippen LogP contribution >= 0.6 is 0 Å². The largest absolute Gasteiger partial charge is 0.322 e. The van der Waals surface area contributed by atoms with Crippen LogP contribution in [0.1, 0.15) is 55.1 Å². The van der Waals surface area contributed by atoms with Crippen molar-refractivity contribution in [2.75, 3.05) is 16.8 Å². The normalized spacial score (nSPS) is 14.2. The summed E-state index contributed by atoms with van der Waals surface area (Å²) in [6.07, 6.45) is 3.98. The lowest BCUT2D eigenvalue weighted by Crippen LogP contribution is -2.35. The van der Waals surface area contributed by atoms with E-state index in [0.717, 1.165) is 24.2 Å². The van der Waals surface area contributed by atoms with E-state index in [1.54, 1.807) is 27.8 Å². The van der Waals surface area contributed by atoms with E-state index in [0.29, 0.717) is 29.9 Å². The fourth-order valence-electron chi connectivity index (χ4n) is 3.91. The summed E-state index contributed by atoms with van der Waals surface area (Å²) in [5, 5.41) is 7.31. The van der Waals surface area contributed by atoms with Crippen molar-refractivity contribution >= 4 is 23.2 Å². The van der Waals surface area contributed by atoms with Crippen molar-refractivity contribution in [2.45, 2.75) is 39.0 Å². The minimum Gasteiger partial charge on any atom is -0.322 e. The second-order valence-corrected chi connectivity index (χ2v) is 7.99. The van der Waals surface area contributed by atoms with Crippen LogP contribution in [0.15, 0.2) is 54.7 Å². The molecule has 2 heterocycles. The van der Waals surface area contributed by atoms with Crippen molar-refractivity contribution in [1.29, 1.82) is 0 Å². The molecule has 0 bridgehead atoms. The molecular formula is C24H25FN4O2. The van der Waals surface area contributed by atoms with Crippen LogP contribution in [0, 0.1) is 5.82 Å². The highest BCUT2D eigenvalue weighted by Crippen LogP contribution is 2.26. The number of halogens is 1. The van der Waals surface area contributed by atoms with Gasteiger partial charge in [0.2, 0.25) is 5.91 Å². The molecule has 1 fully saturated rings. The van der Waals surface area contributed by atoms with Crippen molar-refractivity contribution < 1.29 is 14.0 Å². The van der Waals surface area contributed by atoms with Gasteiger partial charge >= 0.3 is 0 Å². The molecule has 2 aromatic carbocycles. The third-order valence-corrected chi connectivity index (χ3v) is 5.41. The van der Waals surface area contributed by atoms with Crippen LogP contribution in [0.4, 0.5) is 15.8 Å². The van der Waals surface area contributed by atoms with Gasteiger partial charge in [0.1, 0.15) is 5.82 Å². The third kappa shape index (κ3) is 4.35. The second kappa shape index (κ2) is 8.71. The van der Waals surface area contributed by atoms with Gasteiger partial charge in [-0.3, -0.25) is 9.59 Å². The number of nitrogens with zero attached hydrogens (tertiary/aromatic N) is 3. The van der Waals surface area contributed by atoms with Gasteiger partial charge in [-0.1, -0.05) is 19.9 Å². The van der Waals surface area contributed by atoms with Crippen LogP contribution < -0.4 is 10.2 Å². The summed E-state index contributed by atoms with van der Waals surface area (Å²) in [6.45, 7) is 4.66. The summed E-state index contributed by atoms with van der Waals surface area (Å²) in [6, 6.07) is 13.3. The molecule has 1 saturated heterocycles. The molecule has 4 rings (SSSR count). The SMILES string of the molecule is CC(C)c1c(C(=O)Nc2cccc(N3CCCCC3=O)c2)cnn1-c1ccc(F)cc1. The zero-order valence-corrected chi connectivity index (χ0v) is 17.6. The number of amides is 2. The van der Waals surface area contributed by atoms with Crippen LogP contribution in [0.3, 0.4) is 0 Å². The quantitative estimate of drug-likeness (QED) is 0.638. The van der Waals surface area contributed by atoms with E-state index in [9.17, 15) is 14.0 Å². The lowest BCUT2D eigenvalue weighted by molar-refractivity contribution is -0.119. The van der Waals surface area contributed by atoms with Crippen LogP contribution in [0.2, 0.25) is 0 Å². The molecular weight excluding hydrogens is 395 g/mol. The highest BCUT2D eigenvalue weighted by molar-refractivity contribution is 6.05. The van der Waals surface area contributed by atoms with Crippen molar-refractivity contribution in [3.8, 4) is 5.69 Å². The zero-order valence-electron chi connectivity index (χ0n) is 17.6. The second-order valence-electron chi connectivity index (χ2n) is 7.99. The topological polar surface area (TPSA) is 67.2 Å². The van der Waals surface area contributed by atoms with E-state index in [2.05, 4.69) is 10.4 Å². The van der Waals surface area contributed by atoms with Gasteiger partial charge < -0.3 is 10.2 Å². The maximum atomic E-state index is 13.3. The predicted octanol–water partition coefficient (Wildman–Crippen LogP) is 4.90. The summed E-state index contributed by atoms with van der Waals surface area (Å²) in [7, 11) is 0. The van der Waals surface area contributed by atoms with Crippen molar-refractivity contribution in [1.82, 2.24) is 9.78 Å². The molecule has 2 amide bonds. The van der Waals surface area contributed by atoms with Crippen molar-refractivity contribution in [2.24, 2.45) is 0 Å². The van der Waals surface area contributed by atoms with Crippen LogP contribution in [-0.2, 0) is 4.79 Å². The molecule has 0 aliphatic carbocycles. The van der Waals surface area contributed by atoms with Gasteiger partial charge in [0.25, 0.3) is 5.91 Å². The average Bonchev–Trinajstić information content (AvgIpc) is 3.20. The molecule has 0 spiro atoms. The first-order valence-corrected chi connectivity index (χ1v) is 10.5. The monoisotopic (exact) mass is 420 g/mol. The molecule has 0 atom stereocenters. The standard InChI is InChI=1S/C24H25FN4O2/c1-16(2)23-21(15-26-29(23)19-11-9-17(25)10-12-19)24(31)27-18-6-5-7-20(14-18)28-13-4-3-8-22(28)30/h5-7,9-12,14-16H,3-4,8,13H2,1-2H3,(H,27,31). The first-order chi connectivity index (χ1) is 14.9. The Hall–Kier alpha value is -3.48. The number of aromatic nitrogens is 2. The summed E-state index contributed by atoms with van der Waals surface area (Å²) in [5.41, 5.74) is 3.29. The van der Waals surface area contributed by atoms with Gasteiger partial charge in [-0.25, -0.2) is 9.07 Å². The van der Waals surface area contributed by atoms with Gasteiger partial charge in [0.15, 0.2) is 0 Å². The van der Waals surface area contributed by atoms with E-state index in [1.807, 2.05) is 32.0 Å². The summed E-state index contributed by atoms with van der Waals surface area (Å²) in [4.78, 5) is 27.1. The number of carbonyl (C=O) groups is 2. The Morgan fingerprint density at radius 1 is 1.10 bits per heavy atom. The first kappa shape index (κ1) is 20.8. The highest BCUT2D eigenvalue weighted by Gasteiger charge is 2.22. The zero-order chi connectivity index (χ0) is 22.0. The Bertz CT molecular complexity index is 1110. The molecule has 160 valence electrons. The molecule has 1 aromatic heterocycles. The van der Waals surface area contributed by atoms with Gasteiger partial charge in [0.05, 0.1) is 23.1 Å². The van der Waals surface area contributed by atoms with E-state index >= 15 is 0 Å². The minimum atomic E-state index is -0.327. The van der Waals surface area contributed by atoms with E-state index in [1.165, 1.54) is 18.3 Å². The summed E-state index contributed by atoms with van der Waals surface area (Å²) < 4.78 is 15.0. The predicted molar refractivity (Wildman–Crippen MR) is 118 cm³/mol. The highest BCUT2D eigenvalue weighted by atomic mass is 19.1. The fourth-order valence-corrected chi connectivity index (χ4v) is 3.91. The fraction of sp³-hybridized carbons (Fsp3) is 0.292. The molecule has 6 nitrogen and oxygen atoms in total. The van der Waals surface area contributed by atoms with Crippen LogP contribution in [0.25, 0.3) is 5.69 Å². The summed E-state index contributed by atoms with van der Waals surface area (Å²) in [5.74, 6) is -0.478. The van der Waals surface area contributed by atoms with Crippen LogP contribution in [0.5, 0.6) is 0 Å². The van der Waals surface area contributed by atoms with Gasteiger partial charge in [-0.15, -0.1) is 0 Å².